The fourth-order valence-corrected chi connectivity index (χ4v) is 3.96. The van der Waals surface area contributed by atoms with Crippen LogP contribution in [0.1, 0.15) is 38.2 Å². The molecule has 1 aliphatic carbocycles. The van der Waals surface area contributed by atoms with Gasteiger partial charge in [-0.05, 0) is 37.5 Å². The highest BCUT2D eigenvalue weighted by molar-refractivity contribution is 6.45. The molecule has 1 aliphatic heterocycles. The van der Waals surface area contributed by atoms with Crippen LogP contribution in [0.15, 0.2) is 18.2 Å². The van der Waals surface area contributed by atoms with E-state index in [-0.39, 0.29) is 12.6 Å². The van der Waals surface area contributed by atoms with Gasteiger partial charge in [-0.3, -0.25) is 19.3 Å². The first kappa shape index (κ1) is 21.6. The molecule has 9 heteroatoms. The lowest BCUT2D eigenvalue weighted by molar-refractivity contribution is -0.145. The van der Waals surface area contributed by atoms with Gasteiger partial charge in [-0.25, -0.2) is 9.69 Å². The first-order chi connectivity index (χ1) is 14.4. The molecular weight excluding hydrogens is 390 g/mol. The molecule has 162 valence electrons. The average Bonchev–Trinajstić information content (AvgIpc) is 3.34. The van der Waals surface area contributed by atoms with Crippen LogP contribution in [0.25, 0.3) is 0 Å². The predicted octanol–water partition coefficient (Wildman–Crippen LogP) is 1.79. The summed E-state index contributed by atoms with van der Waals surface area (Å²) in [6, 6.07) is 4.40. The number of likely N-dealkylation sites (N-methyl/N-ethyl adjacent to an activating group) is 1. The van der Waals surface area contributed by atoms with Crippen LogP contribution in [0.2, 0.25) is 0 Å². The van der Waals surface area contributed by atoms with Crippen molar-refractivity contribution in [3.63, 3.8) is 0 Å². The third kappa shape index (κ3) is 4.10. The number of carbonyl (C=O) groups excluding carboxylic acids is 4. The van der Waals surface area contributed by atoms with Gasteiger partial charge in [-0.15, -0.1) is 0 Å². The smallest absolute Gasteiger partial charge is 0.334 e. The second-order valence-electron chi connectivity index (χ2n) is 7.38. The van der Waals surface area contributed by atoms with Crippen LogP contribution in [0.5, 0.6) is 11.5 Å². The number of amides is 5. The molecule has 0 aromatic heterocycles. The maximum atomic E-state index is 12.8. The number of methoxy groups -OCH3 is 2. The van der Waals surface area contributed by atoms with Crippen molar-refractivity contribution >= 4 is 23.8 Å². The zero-order valence-electron chi connectivity index (χ0n) is 17.6. The summed E-state index contributed by atoms with van der Waals surface area (Å²) in [6.45, 7) is 2.01. The van der Waals surface area contributed by atoms with Gasteiger partial charge >= 0.3 is 17.8 Å². The molecule has 30 heavy (non-hydrogen) atoms. The van der Waals surface area contributed by atoms with E-state index in [0.717, 1.165) is 28.2 Å². The van der Waals surface area contributed by atoms with E-state index in [1.54, 1.807) is 19.2 Å². The van der Waals surface area contributed by atoms with Gasteiger partial charge in [0.25, 0.3) is 0 Å². The Kier molecular flexibility index (Phi) is 6.59. The highest BCUT2D eigenvalue weighted by Gasteiger charge is 2.48. The normalized spacial score (nSPS) is 17.1. The van der Waals surface area contributed by atoms with E-state index >= 15 is 0 Å². The van der Waals surface area contributed by atoms with Gasteiger partial charge in [-0.1, -0.05) is 18.9 Å². The number of ether oxygens (including phenoxy) is 2. The van der Waals surface area contributed by atoms with Gasteiger partial charge in [0.2, 0.25) is 5.91 Å². The molecule has 1 aromatic rings. The third-order valence-electron chi connectivity index (χ3n) is 5.62. The Labute approximate surface area is 175 Å². The van der Waals surface area contributed by atoms with Crippen LogP contribution in [0, 0.1) is 0 Å². The molecule has 5 amide bonds. The van der Waals surface area contributed by atoms with Crippen LogP contribution in [0.4, 0.5) is 4.79 Å². The predicted molar refractivity (Wildman–Crippen MR) is 107 cm³/mol. The van der Waals surface area contributed by atoms with Crippen molar-refractivity contribution in [2.75, 3.05) is 27.3 Å². The fourth-order valence-electron chi connectivity index (χ4n) is 3.96. The van der Waals surface area contributed by atoms with E-state index in [1.807, 2.05) is 13.0 Å². The third-order valence-corrected chi connectivity index (χ3v) is 5.62. The minimum Gasteiger partial charge on any atom is -0.493 e. The minimum atomic E-state index is -0.928. The van der Waals surface area contributed by atoms with Gasteiger partial charge in [-0.2, -0.15) is 0 Å². The summed E-state index contributed by atoms with van der Waals surface area (Å²) in [7, 11) is 3.07. The second-order valence-corrected chi connectivity index (χ2v) is 7.38. The fraction of sp³-hybridized carbons (Fsp3) is 0.524. The van der Waals surface area contributed by atoms with Gasteiger partial charge in [0.05, 0.1) is 14.2 Å². The molecule has 0 unspecified atom stereocenters. The van der Waals surface area contributed by atoms with Crippen LogP contribution in [0.3, 0.4) is 0 Å². The Hall–Kier alpha value is -3.10. The summed E-state index contributed by atoms with van der Waals surface area (Å²) < 4.78 is 10.5. The molecule has 1 aromatic carbocycles. The van der Waals surface area contributed by atoms with Crippen molar-refractivity contribution in [3.05, 3.63) is 23.8 Å². The number of hydrogen-bond donors (Lipinski definition) is 0. The minimum absolute atomic E-state index is 0.247. The van der Waals surface area contributed by atoms with Gasteiger partial charge in [0.15, 0.2) is 11.5 Å². The van der Waals surface area contributed by atoms with E-state index in [4.69, 9.17) is 9.47 Å². The lowest BCUT2D eigenvalue weighted by Gasteiger charge is -2.24. The summed E-state index contributed by atoms with van der Waals surface area (Å²) in [4.78, 5) is 53.5. The van der Waals surface area contributed by atoms with Crippen LogP contribution < -0.4 is 9.47 Å². The largest absolute Gasteiger partial charge is 0.493 e. The molecular formula is C21H27N3O6. The number of urea groups is 1. The Balaban J connectivity index is 1.69. The topological polar surface area (TPSA) is 96.5 Å². The number of rotatable bonds is 8. The number of benzene rings is 1. The molecule has 1 saturated carbocycles. The molecule has 1 saturated heterocycles. The second kappa shape index (κ2) is 9.15. The van der Waals surface area contributed by atoms with Crippen molar-refractivity contribution in [1.29, 1.82) is 0 Å². The molecule has 0 spiro atoms. The quantitative estimate of drug-likeness (QED) is 0.473. The van der Waals surface area contributed by atoms with Crippen LogP contribution >= 0.6 is 0 Å². The summed E-state index contributed by atoms with van der Waals surface area (Å²) in [5.41, 5.74) is 0.811. The summed E-state index contributed by atoms with van der Waals surface area (Å²) in [5, 5.41) is 0. The first-order valence-electron chi connectivity index (χ1n) is 10.1. The standard InChI is InChI=1S/C21H27N3O6/c1-4-22(12-14-9-10-16(29-2)17(11-14)30-3)18(25)13-23-19(26)20(27)24(21(23)28)15-7-5-6-8-15/h9-11,15H,4-8,12-13H2,1-3H3. The highest BCUT2D eigenvalue weighted by Crippen LogP contribution is 2.29. The highest BCUT2D eigenvalue weighted by atomic mass is 16.5. The van der Waals surface area contributed by atoms with Crippen molar-refractivity contribution < 1.29 is 28.7 Å². The zero-order chi connectivity index (χ0) is 21.8. The first-order valence-corrected chi connectivity index (χ1v) is 10.1. The lowest BCUT2D eigenvalue weighted by atomic mass is 10.2. The molecule has 2 aliphatic rings. The monoisotopic (exact) mass is 417 g/mol. The number of nitrogens with zero attached hydrogens (tertiary/aromatic N) is 3. The van der Waals surface area contributed by atoms with E-state index in [1.165, 1.54) is 12.0 Å². The molecule has 9 nitrogen and oxygen atoms in total. The summed E-state index contributed by atoms with van der Waals surface area (Å²) in [5.74, 6) is -1.05. The summed E-state index contributed by atoms with van der Waals surface area (Å²) in [6.07, 6.45) is 3.24. The Morgan fingerprint density at radius 1 is 1.07 bits per heavy atom. The molecule has 3 rings (SSSR count). The van der Waals surface area contributed by atoms with E-state index in [9.17, 15) is 19.2 Å². The van der Waals surface area contributed by atoms with Gasteiger partial charge in [0.1, 0.15) is 6.54 Å². The van der Waals surface area contributed by atoms with Crippen molar-refractivity contribution in [3.8, 4) is 11.5 Å². The van der Waals surface area contributed by atoms with E-state index in [2.05, 4.69) is 0 Å². The van der Waals surface area contributed by atoms with E-state index < -0.39 is 30.3 Å². The number of imide groups is 2. The summed E-state index contributed by atoms with van der Waals surface area (Å²) >= 11 is 0. The Bertz CT molecular complexity index is 849. The molecule has 2 fully saturated rings. The Morgan fingerprint density at radius 3 is 2.33 bits per heavy atom. The molecule has 0 atom stereocenters. The molecule has 0 bridgehead atoms. The number of carbonyl (C=O) groups is 4. The Morgan fingerprint density at radius 2 is 1.73 bits per heavy atom. The molecule has 0 N–H and O–H groups in total. The molecule has 1 heterocycles. The zero-order valence-corrected chi connectivity index (χ0v) is 17.6. The van der Waals surface area contributed by atoms with Gasteiger partial charge < -0.3 is 14.4 Å². The lowest BCUT2D eigenvalue weighted by Crippen LogP contribution is -2.44. The maximum absolute atomic E-state index is 12.8. The van der Waals surface area contributed by atoms with E-state index in [0.29, 0.717) is 30.9 Å². The number of hydrogen-bond acceptors (Lipinski definition) is 6. The van der Waals surface area contributed by atoms with Crippen molar-refractivity contribution in [2.24, 2.45) is 0 Å². The SMILES string of the molecule is CCN(Cc1ccc(OC)c(OC)c1)C(=O)CN1C(=O)C(=O)N(C2CCCC2)C1=O. The average molecular weight is 417 g/mol. The van der Waals surface area contributed by atoms with Crippen molar-refractivity contribution in [2.45, 2.75) is 45.2 Å². The van der Waals surface area contributed by atoms with Crippen LogP contribution in [-0.4, -0.2) is 71.8 Å². The molecule has 0 radical (unpaired) electrons. The maximum Gasteiger partial charge on any atom is 0.334 e. The van der Waals surface area contributed by atoms with Crippen LogP contribution in [-0.2, 0) is 20.9 Å². The van der Waals surface area contributed by atoms with Crippen molar-refractivity contribution in [1.82, 2.24) is 14.7 Å². The van der Waals surface area contributed by atoms with Gasteiger partial charge in [0, 0.05) is 19.1 Å².